The van der Waals surface area contributed by atoms with Crippen LogP contribution in [0.3, 0.4) is 0 Å². The molecule has 4 rings (SSSR count). The summed E-state index contributed by atoms with van der Waals surface area (Å²) < 4.78 is 7.46. The van der Waals surface area contributed by atoms with Gasteiger partial charge in [-0.25, -0.2) is 14.6 Å². The summed E-state index contributed by atoms with van der Waals surface area (Å²) in [5, 5.41) is 13.2. The van der Waals surface area contributed by atoms with Crippen molar-refractivity contribution >= 4 is 28.7 Å². The number of benzene rings is 1. The lowest BCUT2D eigenvalue weighted by Crippen LogP contribution is -2.35. The number of dihydropyridines is 1. The van der Waals surface area contributed by atoms with Gasteiger partial charge in [-0.05, 0) is 56.4 Å². The number of carbonyl (C=O) groups excluding carboxylic acids is 1. The van der Waals surface area contributed by atoms with E-state index in [1.807, 2.05) is 62.6 Å². The predicted octanol–water partition coefficient (Wildman–Crippen LogP) is 5.02. The fourth-order valence-corrected chi connectivity index (χ4v) is 4.86. The van der Waals surface area contributed by atoms with E-state index in [0.717, 1.165) is 28.1 Å². The molecular formula is C28H32N4O4. The third kappa shape index (κ3) is 4.76. The molecule has 2 aromatic heterocycles. The van der Waals surface area contributed by atoms with Gasteiger partial charge in [-0.2, -0.15) is 0 Å². The first-order valence-corrected chi connectivity index (χ1v) is 12.0. The Kier molecular flexibility index (Phi) is 6.71. The number of rotatable bonds is 6. The number of esters is 1. The van der Waals surface area contributed by atoms with Gasteiger partial charge < -0.3 is 15.2 Å². The molecular weight excluding hydrogens is 456 g/mol. The van der Waals surface area contributed by atoms with Crippen molar-refractivity contribution < 1.29 is 19.4 Å². The van der Waals surface area contributed by atoms with Crippen LogP contribution in [0.4, 0.5) is 0 Å². The summed E-state index contributed by atoms with van der Waals surface area (Å²) >= 11 is 0. The van der Waals surface area contributed by atoms with Gasteiger partial charge in [-0.3, -0.25) is 9.55 Å². The molecule has 188 valence electrons. The van der Waals surface area contributed by atoms with Crippen molar-refractivity contribution in [1.29, 1.82) is 0 Å². The Balaban J connectivity index is 1.85. The molecule has 0 bridgehead atoms. The van der Waals surface area contributed by atoms with Crippen molar-refractivity contribution in [3.8, 4) is 5.69 Å². The molecule has 1 aliphatic heterocycles. The van der Waals surface area contributed by atoms with Crippen LogP contribution in [0.15, 0.2) is 59.6 Å². The summed E-state index contributed by atoms with van der Waals surface area (Å²) in [7, 11) is 0. The van der Waals surface area contributed by atoms with Crippen molar-refractivity contribution in [1.82, 2.24) is 19.9 Å². The van der Waals surface area contributed by atoms with E-state index in [2.05, 4.69) is 15.3 Å². The van der Waals surface area contributed by atoms with Crippen molar-refractivity contribution in [2.75, 3.05) is 6.61 Å². The Morgan fingerprint density at radius 1 is 1.11 bits per heavy atom. The van der Waals surface area contributed by atoms with Gasteiger partial charge in [0.15, 0.2) is 0 Å². The van der Waals surface area contributed by atoms with E-state index in [-0.39, 0.29) is 17.6 Å². The van der Waals surface area contributed by atoms with Crippen LogP contribution in [0.2, 0.25) is 0 Å². The Labute approximate surface area is 210 Å². The topological polar surface area (TPSA) is 106 Å². The van der Waals surface area contributed by atoms with E-state index in [0.29, 0.717) is 23.4 Å². The number of nitrogens with zero attached hydrogens (tertiary/aromatic N) is 3. The van der Waals surface area contributed by atoms with E-state index < -0.39 is 17.9 Å². The number of hydrogen-bond acceptors (Lipinski definition) is 6. The number of aromatic nitrogens is 3. The number of nitrogens with one attached hydrogen (secondary N) is 1. The van der Waals surface area contributed by atoms with Gasteiger partial charge in [-0.15, -0.1) is 0 Å². The van der Waals surface area contributed by atoms with Gasteiger partial charge in [-0.1, -0.05) is 32.9 Å². The molecule has 2 N–H and O–H groups in total. The normalized spacial score (nSPS) is 16.3. The van der Waals surface area contributed by atoms with Crippen LogP contribution in [0, 0.1) is 18.3 Å². The Bertz CT molecular complexity index is 1390. The number of carboxylic acid groups (broad SMARTS) is 1. The first-order chi connectivity index (χ1) is 17.0. The van der Waals surface area contributed by atoms with Gasteiger partial charge in [0, 0.05) is 23.5 Å². The van der Waals surface area contributed by atoms with Crippen LogP contribution in [-0.4, -0.2) is 38.2 Å². The maximum Gasteiger partial charge on any atom is 0.336 e. The number of hydrogen-bond donors (Lipinski definition) is 2. The number of aryl methyl sites for hydroxylation is 1. The summed E-state index contributed by atoms with van der Waals surface area (Å²) in [6.07, 6.45) is 3.96. The molecule has 8 heteroatoms. The maximum atomic E-state index is 13.2. The first-order valence-electron chi connectivity index (χ1n) is 12.0. The zero-order valence-electron chi connectivity index (χ0n) is 21.5. The third-order valence-corrected chi connectivity index (χ3v) is 6.26. The minimum Gasteiger partial charge on any atom is -0.478 e. The quantitative estimate of drug-likeness (QED) is 0.469. The number of carboxylic acids is 1. The number of allylic oxidation sites excluding steroid dienone is 1. The standard InChI is InChI=1S/C28H32N4O4/c1-7-36-27(35)24-20(14-28(4,5)6)23(26(33)34)16(2)30-25(24)18-8-10-19(11-9-18)32-17(3)31-21-15-29-13-12-22(21)32/h8-13,15,20,30H,7,14H2,1-6H3,(H,33,34). The summed E-state index contributed by atoms with van der Waals surface area (Å²) in [4.78, 5) is 34.2. The van der Waals surface area contributed by atoms with Gasteiger partial charge >= 0.3 is 11.9 Å². The molecule has 1 aliphatic rings. The smallest absolute Gasteiger partial charge is 0.336 e. The molecule has 3 heterocycles. The zero-order chi connectivity index (χ0) is 26.2. The minimum absolute atomic E-state index is 0.197. The van der Waals surface area contributed by atoms with Gasteiger partial charge in [0.05, 0.1) is 35.2 Å². The molecule has 3 aromatic rings. The highest BCUT2D eigenvalue weighted by atomic mass is 16.5. The predicted molar refractivity (Wildman–Crippen MR) is 138 cm³/mol. The van der Waals surface area contributed by atoms with Gasteiger partial charge in [0.25, 0.3) is 0 Å². The van der Waals surface area contributed by atoms with Crippen molar-refractivity contribution in [2.24, 2.45) is 11.3 Å². The molecule has 8 nitrogen and oxygen atoms in total. The number of aliphatic carboxylic acids is 1. The molecule has 0 saturated heterocycles. The van der Waals surface area contributed by atoms with Crippen LogP contribution in [-0.2, 0) is 14.3 Å². The number of carbonyl (C=O) groups is 2. The Hall–Kier alpha value is -3.94. The molecule has 1 atom stereocenters. The maximum absolute atomic E-state index is 13.2. The second-order valence-electron chi connectivity index (χ2n) is 10.2. The van der Waals surface area contributed by atoms with Crippen molar-refractivity contribution in [2.45, 2.75) is 48.0 Å². The highest BCUT2D eigenvalue weighted by molar-refractivity contribution is 6.03. The van der Waals surface area contributed by atoms with Gasteiger partial charge in [0.1, 0.15) is 11.3 Å². The first kappa shape index (κ1) is 25.2. The molecule has 1 aromatic carbocycles. The van der Waals surface area contributed by atoms with Crippen LogP contribution >= 0.6 is 0 Å². The molecule has 36 heavy (non-hydrogen) atoms. The lowest BCUT2D eigenvalue weighted by atomic mass is 9.74. The number of ether oxygens (including phenoxy) is 1. The third-order valence-electron chi connectivity index (χ3n) is 6.26. The fourth-order valence-electron chi connectivity index (χ4n) is 4.86. The monoisotopic (exact) mass is 488 g/mol. The molecule has 0 fully saturated rings. The van der Waals surface area contributed by atoms with Crippen LogP contribution in [0.25, 0.3) is 22.4 Å². The van der Waals surface area contributed by atoms with E-state index in [1.54, 1.807) is 26.2 Å². The van der Waals surface area contributed by atoms with Crippen LogP contribution < -0.4 is 5.32 Å². The van der Waals surface area contributed by atoms with E-state index >= 15 is 0 Å². The zero-order valence-corrected chi connectivity index (χ0v) is 21.5. The average molecular weight is 489 g/mol. The second-order valence-corrected chi connectivity index (χ2v) is 10.2. The number of pyridine rings is 1. The molecule has 0 amide bonds. The highest BCUT2D eigenvalue weighted by Gasteiger charge is 2.39. The average Bonchev–Trinajstić information content (AvgIpc) is 3.13. The fraction of sp³-hybridized carbons (Fsp3) is 0.357. The Morgan fingerprint density at radius 3 is 2.42 bits per heavy atom. The van der Waals surface area contributed by atoms with Crippen molar-refractivity contribution in [3.63, 3.8) is 0 Å². The second kappa shape index (κ2) is 9.60. The Morgan fingerprint density at radius 2 is 1.81 bits per heavy atom. The lowest BCUT2D eigenvalue weighted by Gasteiger charge is -2.34. The molecule has 0 aliphatic carbocycles. The molecule has 1 unspecified atom stereocenters. The van der Waals surface area contributed by atoms with Crippen LogP contribution in [0.1, 0.15) is 52.4 Å². The summed E-state index contributed by atoms with van der Waals surface area (Å²) in [6.45, 7) is 11.7. The largest absolute Gasteiger partial charge is 0.478 e. The highest BCUT2D eigenvalue weighted by Crippen LogP contribution is 2.41. The lowest BCUT2D eigenvalue weighted by molar-refractivity contribution is -0.139. The number of imidazole rings is 1. The summed E-state index contributed by atoms with van der Waals surface area (Å²) in [5.74, 6) is -1.32. The van der Waals surface area contributed by atoms with Gasteiger partial charge in [0.2, 0.25) is 0 Å². The van der Waals surface area contributed by atoms with Crippen molar-refractivity contribution in [3.05, 3.63) is 71.0 Å². The number of fused-ring (bicyclic) bond motifs is 1. The molecule has 0 saturated carbocycles. The van der Waals surface area contributed by atoms with E-state index in [1.165, 1.54) is 0 Å². The van der Waals surface area contributed by atoms with E-state index in [4.69, 9.17) is 4.74 Å². The summed E-state index contributed by atoms with van der Waals surface area (Å²) in [6, 6.07) is 9.71. The molecule has 0 radical (unpaired) electrons. The minimum atomic E-state index is -1.04. The SMILES string of the molecule is CCOC(=O)C1=C(c2ccc(-n3c(C)nc4cnccc43)cc2)NC(C)=C(C(=O)O)C1CC(C)(C)C. The summed E-state index contributed by atoms with van der Waals surface area (Å²) in [5.41, 5.74) is 4.88. The molecule has 0 spiro atoms. The van der Waals surface area contributed by atoms with E-state index in [9.17, 15) is 14.7 Å². The van der Waals surface area contributed by atoms with Crippen LogP contribution in [0.5, 0.6) is 0 Å².